The predicted octanol–water partition coefficient (Wildman–Crippen LogP) is -4.76. The van der Waals surface area contributed by atoms with Gasteiger partial charge in [-0.1, -0.05) is 54.6 Å². The van der Waals surface area contributed by atoms with Crippen LogP contribution >= 0.6 is 0 Å². The van der Waals surface area contributed by atoms with Crippen molar-refractivity contribution in [1.82, 2.24) is 0 Å². The summed E-state index contributed by atoms with van der Waals surface area (Å²) in [6.07, 6.45) is 0. The first-order valence-electron chi connectivity index (χ1n) is 9.41. The maximum absolute atomic E-state index is 10.3. The first kappa shape index (κ1) is 36.1. The molecule has 12 nitrogen and oxygen atoms in total. The van der Waals surface area contributed by atoms with Crippen LogP contribution in [0.2, 0.25) is 0 Å². The van der Waals surface area contributed by atoms with Gasteiger partial charge in [-0.2, -0.15) is 0 Å². The predicted molar refractivity (Wildman–Crippen MR) is 105 cm³/mol. The number of benzene rings is 3. The van der Waals surface area contributed by atoms with Crippen LogP contribution in [-0.4, -0.2) is 35.8 Å². The van der Waals surface area contributed by atoms with Crippen molar-refractivity contribution in [2.45, 2.75) is 0 Å². The molecule has 0 atom stereocenters. The molecule has 0 saturated heterocycles. The van der Waals surface area contributed by atoms with Crippen molar-refractivity contribution in [1.29, 1.82) is 0 Å². The van der Waals surface area contributed by atoms with E-state index in [-0.39, 0.29) is 78.1 Å². The van der Waals surface area contributed by atoms with E-state index in [1.165, 1.54) is 54.6 Å². The molecule has 0 aliphatic heterocycles. The largest absolute Gasteiger partial charge is 3.00 e. The third-order valence-corrected chi connectivity index (χ3v) is 4.00. The van der Waals surface area contributed by atoms with Gasteiger partial charge in [0.1, 0.15) is 0 Å². The third-order valence-electron chi connectivity index (χ3n) is 4.00. The minimum atomic E-state index is -1.40. The average Bonchev–Trinajstić information content (AvgIpc) is 2.85. The van der Waals surface area contributed by atoms with Gasteiger partial charge in [-0.3, -0.25) is 0 Å². The molecule has 3 aromatic carbocycles. The summed E-state index contributed by atoms with van der Waals surface area (Å²) < 4.78 is 0. The van der Waals surface area contributed by atoms with Crippen LogP contribution in [-0.2, 0) is 44.8 Å². The Labute approximate surface area is 245 Å². The van der Waals surface area contributed by atoms with E-state index in [2.05, 4.69) is 0 Å². The quantitative estimate of drug-likeness (QED) is 0.212. The molecule has 0 fully saturated rings. The molecule has 0 spiro atoms. The van der Waals surface area contributed by atoms with Crippen LogP contribution in [0.5, 0.6) is 0 Å². The average molecular weight is 886 g/mol. The molecule has 14 heteroatoms. The van der Waals surface area contributed by atoms with Crippen LogP contribution in [0.4, 0.5) is 0 Å². The molecular weight excluding hydrogens is 874 g/mol. The normalized spacial score (nSPS) is 8.84. The standard InChI is InChI=1S/3C8H6O4.2Au/c3*9-7(10)5-2-1-3-6(4-5)8(11)12;;/h3*1-4H,(H,9,10)(H,11,12);;/q;;;2*+3/p-6. The summed E-state index contributed by atoms with van der Waals surface area (Å²) in [4.78, 5) is 61.5. The second-order valence-electron chi connectivity index (χ2n) is 6.47. The van der Waals surface area contributed by atoms with Gasteiger partial charge in [-0.05, 0) is 51.6 Å². The molecule has 0 aliphatic rings. The molecule has 0 amide bonds. The first-order chi connectivity index (χ1) is 16.8. The van der Waals surface area contributed by atoms with E-state index in [1.54, 1.807) is 0 Å². The Morgan fingerprint density at radius 3 is 0.579 bits per heavy atom. The molecule has 0 heterocycles. The zero-order chi connectivity index (χ0) is 27.4. The van der Waals surface area contributed by atoms with Crippen LogP contribution in [0.1, 0.15) is 62.1 Å². The molecular formula is C24H12Au2O12. The second-order valence-corrected chi connectivity index (χ2v) is 6.47. The Bertz CT molecular complexity index is 1070. The van der Waals surface area contributed by atoms with Crippen LogP contribution < -0.4 is 30.6 Å². The molecule has 0 bridgehead atoms. The Kier molecular flexibility index (Phi) is 16.6. The van der Waals surface area contributed by atoms with E-state index in [9.17, 15) is 59.4 Å². The van der Waals surface area contributed by atoms with Crippen molar-refractivity contribution < 1.29 is 104 Å². The van der Waals surface area contributed by atoms with E-state index in [0.717, 1.165) is 18.2 Å². The van der Waals surface area contributed by atoms with Crippen molar-refractivity contribution in [3.63, 3.8) is 0 Å². The van der Waals surface area contributed by atoms with E-state index >= 15 is 0 Å². The monoisotopic (exact) mass is 886 g/mol. The van der Waals surface area contributed by atoms with Crippen molar-refractivity contribution in [3.05, 3.63) is 106 Å². The van der Waals surface area contributed by atoms with Crippen molar-refractivity contribution in [2.24, 2.45) is 0 Å². The Balaban J connectivity index is 0. The molecule has 0 saturated carbocycles. The van der Waals surface area contributed by atoms with E-state index in [4.69, 9.17) is 0 Å². The third kappa shape index (κ3) is 12.3. The fraction of sp³-hybridized carbons (Fsp3) is 0. The Morgan fingerprint density at radius 2 is 0.474 bits per heavy atom. The van der Waals surface area contributed by atoms with Gasteiger partial charge in [0.05, 0.1) is 35.8 Å². The summed E-state index contributed by atoms with van der Waals surface area (Å²) in [6, 6.07) is 14.4. The van der Waals surface area contributed by atoms with Crippen LogP contribution in [0.25, 0.3) is 0 Å². The Morgan fingerprint density at radius 1 is 0.342 bits per heavy atom. The fourth-order valence-electron chi connectivity index (χ4n) is 2.32. The Hall–Kier alpha value is -4.04. The van der Waals surface area contributed by atoms with Gasteiger partial charge in [0.15, 0.2) is 0 Å². The zero-order valence-corrected chi connectivity index (χ0v) is 22.8. The number of hydrogen-bond acceptors (Lipinski definition) is 12. The van der Waals surface area contributed by atoms with E-state index in [0.29, 0.717) is 0 Å². The summed E-state index contributed by atoms with van der Waals surface area (Å²) in [7, 11) is 0. The van der Waals surface area contributed by atoms with E-state index < -0.39 is 35.8 Å². The maximum atomic E-state index is 10.3. The van der Waals surface area contributed by atoms with Crippen LogP contribution in [0.3, 0.4) is 0 Å². The SMILES string of the molecule is O=C([O-])c1cccc(C(=O)[O-])c1.O=C([O-])c1cccc(C(=O)[O-])c1.O=C([O-])c1cccc(C(=O)[O-])c1.[Au+3].[Au+3]. The molecule has 3 aromatic rings. The summed E-state index contributed by atoms with van der Waals surface area (Å²) in [5.41, 5.74) is -1.02. The topological polar surface area (TPSA) is 241 Å². The van der Waals surface area contributed by atoms with Crippen LogP contribution in [0, 0.1) is 0 Å². The minimum absolute atomic E-state index is 0. The molecule has 0 aromatic heterocycles. The molecule has 0 aliphatic carbocycles. The zero-order valence-electron chi connectivity index (χ0n) is 18.4. The van der Waals surface area contributed by atoms with Gasteiger partial charge in [-0.25, -0.2) is 0 Å². The molecule has 38 heavy (non-hydrogen) atoms. The number of hydrogen-bond donors (Lipinski definition) is 0. The number of rotatable bonds is 6. The number of aromatic carboxylic acids is 6. The van der Waals surface area contributed by atoms with Gasteiger partial charge in [0.2, 0.25) is 0 Å². The number of carboxylic acid groups (broad SMARTS) is 6. The van der Waals surface area contributed by atoms with Crippen LogP contribution in [0.15, 0.2) is 72.8 Å². The van der Waals surface area contributed by atoms with Crippen molar-refractivity contribution >= 4 is 35.8 Å². The summed E-state index contributed by atoms with van der Waals surface area (Å²) in [5, 5.41) is 61.5. The van der Waals surface area contributed by atoms with Gasteiger partial charge in [-0.15, -0.1) is 0 Å². The molecule has 202 valence electrons. The van der Waals surface area contributed by atoms with Crippen molar-refractivity contribution in [2.75, 3.05) is 0 Å². The first-order valence-corrected chi connectivity index (χ1v) is 9.41. The van der Waals surface area contributed by atoms with Crippen molar-refractivity contribution in [3.8, 4) is 0 Å². The van der Waals surface area contributed by atoms with Gasteiger partial charge in [0, 0.05) is 0 Å². The van der Waals surface area contributed by atoms with Gasteiger partial charge in [0.25, 0.3) is 0 Å². The number of carboxylic acids is 6. The molecule has 0 unspecified atom stereocenters. The molecule has 3 rings (SSSR count). The van der Waals surface area contributed by atoms with E-state index in [1.807, 2.05) is 0 Å². The number of carbonyl (C=O) groups excluding carboxylic acids is 6. The summed E-state index contributed by atoms with van der Waals surface area (Å²) >= 11 is 0. The molecule has 0 N–H and O–H groups in total. The maximum Gasteiger partial charge on any atom is 3.00 e. The fourth-order valence-corrected chi connectivity index (χ4v) is 2.32. The molecule has 0 radical (unpaired) electrons. The van der Waals surface area contributed by atoms with Gasteiger partial charge >= 0.3 is 44.8 Å². The summed E-state index contributed by atoms with van der Waals surface area (Å²) in [5.74, 6) is -8.43. The second kappa shape index (κ2) is 17.4. The summed E-state index contributed by atoms with van der Waals surface area (Å²) in [6.45, 7) is 0. The van der Waals surface area contributed by atoms with Gasteiger partial charge < -0.3 is 59.4 Å². The number of carbonyl (C=O) groups is 6. The smallest absolute Gasteiger partial charge is 0.545 e. The minimum Gasteiger partial charge on any atom is -0.545 e.